The third-order valence-electron chi connectivity index (χ3n) is 8.20. The summed E-state index contributed by atoms with van der Waals surface area (Å²) in [5.74, 6) is -1.05. The number of likely N-dealkylation sites (tertiary alicyclic amines) is 1. The van der Waals surface area contributed by atoms with Gasteiger partial charge in [-0.2, -0.15) is 21.6 Å². The largest absolute Gasteiger partial charge is 0.534 e. The minimum atomic E-state index is -5.83. The first-order valence-electron chi connectivity index (χ1n) is 13.5. The second kappa shape index (κ2) is 12.3. The molecular formula is C26H40ClF3N2O5SSi. The highest BCUT2D eigenvalue weighted by molar-refractivity contribution is 7.88. The molecule has 3 rings (SSSR count). The molecule has 2 saturated heterocycles. The van der Waals surface area contributed by atoms with Crippen molar-refractivity contribution in [1.82, 2.24) is 10.2 Å². The molecule has 1 aromatic rings. The van der Waals surface area contributed by atoms with Gasteiger partial charge >= 0.3 is 15.6 Å². The smallest absolute Gasteiger partial charge is 0.413 e. The summed E-state index contributed by atoms with van der Waals surface area (Å²) in [7, 11) is -7.89. The Hall–Kier alpha value is -1.34. The highest BCUT2D eigenvalue weighted by atomic mass is 35.5. The third-order valence-corrected chi connectivity index (χ3v) is 15.7. The maximum atomic E-state index is 12.8. The quantitative estimate of drug-likeness (QED) is 0.187. The predicted octanol–water partition coefficient (Wildman–Crippen LogP) is 6.40. The molecule has 2 heterocycles. The van der Waals surface area contributed by atoms with Gasteiger partial charge in [0.15, 0.2) is 0 Å². The number of carbonyl (C=O) groups excluding carboxylic acids is 1. The van der Waals surface area contributed by atoms with E-state index in [1.807, 2.05) is 0 Å². The van der Waals surface area contributed by atoms with Crippen LogP contribution < -0.4 is 9.50 Å². The molecule has 1 aromatic carbocycles. The maximum absolute atomic E-state index is 12.8. The number of nitrogens with zero attached hydrogens (tertiary/aromatic N) is 1. The van der Waals surface area contributed by atoms with Crippen LogP contribution in [0.25, 0.3) is 0 Å². The molecule has 2 fully saturated rings. The van der Waals surface area contributed by atoms with E-state index in [2.05, 4.69) is 55.9 Å². The van der Waals surface area contributed by atoms with Crippen molar-refractivity contribution in [1.29, 1.82) is 0 Å². The van der Waals surface area contributed by atoms with Gasteiger partial charge in [0, 0.05) is 42.9 Å². The van der Waals surface area contributed by atoms with Crippen LogP contribution >= 0.6 is 11.6 Å². The first-order chi connectivity index (χ1) is 18.0. The van der Waals surface area contributed by atoms with E-state index in [-0.39, 0.29) is 17.0 Å². The van der Waals surface area contributed by atoms with Gasteiger partial charge in [-0.05, 0) is 47.5 Å². The Balaban J connectivity index is 1.84. The Bertz CT molecular complexity index is 1100. The molecule has 0 spiro atoms. The van der Waals surface area contributed by atoms with Crippen molar-refractivity contribution in [3.8, 4) is 5.75 Å². The number of halogens is 4. The number of piperidine rings is 1. The lowest BCUT2D eigenvalue weighted by atomic mass is 9.88. The Morgan fingerprint density at radius 2 is 1.59 bits per heavy atom. The molecule has 2 aliphatic heterocycles. The fourth-order valence-corrected chi connectivity index (χ4v) is 12.9. The summed E-state index contributed by atoms with van der Waals surface area (Å²) in [5, 5.41) is 2.90. The van der Waals surface area contributed by atoms with Gasteiger partial charge in [0.05, 0.1) is 5.92 Å². The van der Waals surface area contributed by atoms with Gasteiger partial charge in [-0.1, -0.05) is 59.2 Å². The average Bonchev–Trinajstić information content (AvgIpc) is 3.23. The molecule has 222 valence electrons. The van der Waals surface area contributed by atoms with Gasteiger partial charge in [-0.25, -0.2) is 0 Å². The van der Waals surface area contributed by atoms with Gasteiger partial charge < -0.3 is 13.9 Å². The van der Waals surface area contributed by atoms with E-state index in [9.17, 15) is 26.4 Å². The standard InChI is InChI=1S/C26H40ClF3N2O5SSi/c1-16(2)39(17(3)4,18(5)6)37-19-10-13-32(14-11-19)24(22-9-12-31-25(22)33)21-8-7-20(15-23(21)27)36-38(34,35)26(28,29)30/h7-8,15-19,22,24H,9-14H2,1-6H3,(H,31,33)/t22?,24-/m0/s1. The molecule has 0 aromatic heterocycles. The van der Waals surface area contributed by atoms with Gasteiger partial charge in [0.1, 0.15) is 5.75 Å². The molecule has 1 unspecified atom stereocenters. The van der Waals surface area contributed by atoms with Gasteiger partial charge in [-0.3, -0.25) is 9.69 Å². The fraction of sp³-hybridized carbons (Fsp3) is 0.731. The number of hydrogen-bond acceptors (Lipinski definition) is 6. The monoisotopic (exact) mass is 612 g/mol. The maximum Gasteiger partial charge on any atom is 0.534 e. The van der Waals surface area contributed by atoms with Crippen molar-refractivity contribution >= 4 is 35.9 Å². The zero-order valence-corrected chi connectivity index (χ0v) is 25.9. The minimum Gasteiger partial charge on any atom is -0.413 e. The van der Waals surface area contributed by atoms with E-state index in [4.69, 9.17) is 16.0 Å². The van der Waals surface area contributed by atoms with E-state index in [0.29, 0.717) is 48.2 Å². The Labute approximate surface area is 236 Å². The summed E-state index contributed by atoms with van der Waals surface area (Å²) in [5.41, 5.74) is -3.62. The number of alkyl halides is 3. The molecular weight excluding hydrogens is 573 g/mol. The normalized spacial score (nSPS) is 21.2. The van der Waals surface area contributed by atoms with Crippen molar-refractivity contribution < 1.29 is 35.0 Å². The summed E-state index contributed by atoms with van der Waals surface area (Å²) >= 11 is 6.50. The number of carbonyl (C=O) groups is 1. The molecule has 0 saturated carbocycles. The predicted molar refractivity (Wildman–Crippen MR) is 148 cm³/mol. The number of hydrogen-bond donors (Lipinski definition) is 1. The second-order valence-electron chi connectivity index (χ2n) is 11.5. The third kappa shape index (κ3) is 6.77. The molecule has 39 heavy (non-hydrogen) atoms. The number of rotatable bonds is 10. The summed E-state index contributed by atoms with van der Waals surface area (Å²) in [6.07, 6.45) is 2.26. The van der Waals surface area contributed by atoms with E-state index < -0.39 is 41.7 Å². The lowest BCUT2D eigenvalue weighted by molar-refractivity contribution is -0.124. The molecule has 0 radical (unpaired) electrons. The van der Waals surface area contributed by atoms with E-state index >= 15 is 0 Å². The van der Waals surface area contributed by atoms with Crippen LogP contribution in [0.2, 0.25) is 21.6 Å². The minimum absolute atomic E-state index is 0.0406. The van der Waals surface area contributed by atoms with Crippen LogP contribution in [-0.2, 0) is 19.3 Å². The van der Waals surface area contributed by atoms with Crippen LogP contribution in [0.15, 0.2) is 18.2 Å². The second-order valence-corrected chi connectivity index (χ2v) is 18.8. The van der Waals surface area contributed by atoms with Crippen LogP contribution in [0.4, 0.5) is 13.2 Å². The molecule has 1 N–H and O–H groups in total. The fourth-order valence-electron chi connectivity index (χ4n) is 6.52. The molecule has 0 aliphatic carbocycles. The van der Waals surface area contributed by atoms with E-state index in [1.165, 1.54) is 6.07 Å². The summed E-state index contributed by atoms with van der Waals surface area (Å²) in [6.45, 7) is 15.4. The molecule has 0 bridgehead atoms. The Kier molecular flexibility index (Phi) is 10.1. The van der Waals surface area contributed by atoms with Crippen molar-refractivity contribution in [2.45, 2.75) is 95.1 Å². The number of amides is 1. The highest BCUT2D eigenvalue weighted by Gasteiger charge is 2.49. The SMILES string of the molecule is CC(C)[Si](OC1CCN([C@@H](c2ccc(OS(=O)(=O)C(F)(F)F)cc2Cl)C2CCNC2=O)CC1)(C(C)C)C(C)C. The number of nitrogens with one attached hydrogen (secondary N) is 1. The van der Waals surface area contributed by atoms with E-state index in [0.717, 1.165) is 25.0 Å². The van der Waals surface area contributed by atoms with Crippen LogP contribution in [0.3, 0.4) is 0 Å². The van der Waals surface area contributed by atoms with Crippen LogP contribution in [-0.4, -0.2) is 58.8 Å². The highest BCUT2D eigenvalue weighted by Crippen LogP contribution is 2.45. The summed E-state index contributed by atoms with van der Waals surface area (Å²) in [6, 6.07) is 3.24. The lowest BCUT2D eigenvalue weighted by Crippen LogP contribution is -2.52. The van der Waals surface area contributed by atoms with Gasteiger partial charge in [-0.15, -0.1) is 0 Å². The molecule has 1 amide bonds. The molecule has 2 aliphatic rings. The molecule has 13 heteroatoms. The molecule has 2 atom stereocenters. The van der Waals surface area contributed by atoms with Crippen molar-refractivity contribution in [3.63, 3.8) is 0 Å². The first kappa shape index (κ1) is 32.2. The van der Waals surface area contributed by atoms with Crippen LogP contribution in [0.5, 0.6) is 5.75 Å². The first-order valence-corrected chi connectivity index (χ1v) is 17.4. The zero-order valence-electron chi connectivity index (χ0n) is 23.3. The number of benzene rings is 1. The summed E-state index contributed by atoms with van der Waals surface area (Å²) in [4.78, 5) is 14.9. The zero-order chi connectivity index (χ0) is 29.3. The van der Waals surface area contributed by atoms with Crippen molar-refractivity contribution in [2.75, 3.05) is 19.6 Å². The average molecular weight is 613 g/mol. The Morgan fingerprint density at radius 3 is 2.03 bits per heavy atom. The molecule has 7 nitrogen and oxygen atoms in total. The van der Waals surface area contributed by atoms with Gasteiger partial charge in [0.2, 0.25) is 14.2 Å². The summed E-state index contributed by atoms with van der Waals surface area (Å²) < 4.78 is 72.5. The lowest BCUT2D eigenvalue weighted by Gasteiger charge is -2.47. The van der Waals surface area contributed by atoms with Crippen LogP contribution in [0, 0.1) is 5.92 Å². The van der Waals surface area contributed by atoms with E-state index in [1.54, 1.807) is 0 Å². The Morgan fingerprint density at radius 1 is 1.03 bits per heavy atom. The van der Waals surface area contributed by atoms with Crippen molar-refractivity contribution in [2.24, 2.45) is 5.92 Å². The van der Waals surface area contributed by atoms with Crippen molar-refractivity contribution in [3.05, 3.63) is 28.8 Å². The van der Waals surface area contributed by atoms with Gasteiger partial charge in [0.25, 0.3) is 0 Å². The van der Waals surface area contributed by atoms with Crippen LogP contribution in [0.1, 0.15) is 72.4 Å². The topological polar surface area (TPSA) is 84.9 Å².